The van der Waals surface area contributed by atoms with Crippen molar-refractivity contribution >= 4 is 15.9 Å². The molecule has 20 heavy (non-hydrogen) atoms. The summed E-state index contributed by atoms with van der Waals surface area (Å²) in [5, 5.41) is 0. The highest BCUT2D eigenvalue weighted by molar-refractivity contribution is 9.10. The largest absolute Gasteiger partial charge is 0.330 e. The third-order valence-corrected chi connectivity index (χ3v) is 3.87. The van der Waals surface area contributed by atoms with Crippen LogP contribution < -0.4 is 5.73 Å². The summed E-state index contributed by atoms with van der Waals surface area (Å²) in [4.78, 5) is 9.47. The van der Waals surface area contributed by atoms with Gasteiger partial charge in [0.25, 0.3) is 0 Å². The first kappa shape index (κ1) is 15.1. The minimum Gasteiger partial charge on any atom is -0.330 e. The van der Waals surface area contributed by atoms with Crippen LogP contribution in [0.2, 0.25) is 0 Å². The summed E-state index contributed by atoms with van der Waals surface area (Å²) in [5.74, 6) is 0.812. The maximum Gasteiger partial charge on any atom is 0.159 e. The van der Waals surface area contributed by atoms with E-state index in [4.69, 9.17) is 15.7 Å². The molecule has 1 heterocycles. The predicted molar refractivity (Wildman–Crippen MR) is 86.7 cm³/mol. The van der Waals surface area contributed by atoms with Crippen molar-refractivity contribution < 1.29 is 0 Å². The van der Waals surface area contributed by atoms with Crippen molar-refractivity contribution in [3.05, 3.63) is 45.7 Å². The average Bonchev–Trinajstić information content (AvgIpc) is 2.48. The molecule has 1 aromatic carbocycles. The number of hydrogen-bond acceptors (Lipinski definition) is 3. The lowest BCUT2D eigenvalue weighted by Gasteiger charge is -2.13. The molecule has 106 valence electrons. The Hall–Kier alpha value is -1.26. The van der Waals surface area contributed by atoms with Gasteiger partial charge in [-0.1, -0.05) is 41.9 Å². The van der Waals surface area contributed by atoms with E-state index >= 15 is 0 Å². The summed E-state index contributed by atoms with van der Waals surface area (Å²) < 4.78 is 1.06. The van der Waals surface area contributed by atoms with E-state index in [0.29, 0.717) is 6.54 Å². The van der Waals surface area contributed by atoms with Gasteiger partial charge in [-0.15, -0.1) is 0 Å². The van der Waals surface area contributed by atoms with Gasteiger partial charge < -0.3 is 5.73 Å². The fourth-order valence-electron chi connectivity index (χ4n) is 2.33. The van der Waals surface area contributed by atoms with Crippen molar-refractivity contribution in [1.82, 2.24) is 9.97 Å². The molecule has 0 amide bonds. The fraction of sp³-hybridized carbons (Fsp3) is 0.375. The normalized spacial score (nSPS) is 10.8. The van der Waals surface area contributed by atoms with E-state index in [1.807, 2.05) is 24.3 Å². The zero-order valence-corrected chi connectivity index (χ0v) is 13.6. The highest BCUT2D eigenvalue weighted by Gasteiger charge is 2.12. The van der Waals surface area contributed by atoms with Crippen molar-refractivity contribution in [3.8, 4) is 11.4 Å². The number of rotatable bonds is 5. The lowest BCUT2D eigenvalue weighted by Crippen LogP contribution is -2.12. The molecular weight excluding hydrogens is 314 g/mol. The number of aromatic nitrogens is 2. The minimum atomic E-state index is 0.640. The van der Waals surface area contributed by atoms with Gasteiger partial charge in [0.05, 0.1) is 0 Å². The Morgan fingerprint density at radius 2 is 1.55 bits per heavy atom. The van der Waals surface area contributed by atoms with E-state index in [9.17, 15) is 0 Å². The first-order valence-electron chi connectivity index (χ1n) is 7.04. The molecule has 0 saturated heterocycles. The smallest absolute Gasteiger partial charge is 0.159 e. The maximum absolute atomic E-state index is 5.71. The van der Waals surface area contributed by atoms with Crippen LogP contribution in [-0.2, 0) is 19.3 Å². The summed E-state index contributed by atoms with van der Waals surface area (Å²) in [6.07, 6.45) is 2.68. The van der Waals surface area contributed by atoms with Crippen LogP contribution in [0.25, 0.3) is 11.4 Å². The number of halogens is 1. The predicted octanol–water partition coefficient (Wildman–Crippen LogP) is 3.53. The van der Waals surface area contributed by atoms with Gasteiger partial charge in [-0.3, -0.25) is 0 Å². The number of aryl methyl sites for hydroxylation is 2. The molecule has 0 atom stereocenters. The molecule has 0 unspecified atom stereocenters. The highest BCUT2D eigenvalue weighted by Crippen LogP contribution is 2.22. The van der Waals surface area contributed by atoms with E-state index in [1.54, 1.807) is 0 Å². The van der Waals surface area contributed by atoms with Gasteiger partial charge in [-0.2, -0.15) is 0 Å². The van der Waals surface area contributed by atoms with Crippen LogP contribution in [0.4, 0.5) is 0 Å². The summed E-state index contributed by atoms with van der Waals surface area (Å²) >= 11 is 3.45. The van der Waals surface area contributed by atoms with E-state index in [-0.39, 0.29) is 0 Å². The van der Waals surface area contributed by atoms with Crippen LogP contribution in [-0.4, -0.2) is 16.5 Å². The van der Waals surface area contributed by atoms with Crippen LogP contribution >= 0.6 is 15.9 Å². The van der Waals surface area contributed by atoms with Gasteiger partial charge in [0.2, 0.25) is 0 Å². The van der Waals surface area contributed by atoms with E-state index in [2.05, 4.69) is 29.8 Å². The van der Waals surface area contributed by atoms with Crippen LogP contribution in [0.5, 0.6) is 0 Å². The summed E-state index contributed by atoms with van der Waals surface area (Å²) in [6, 6.07) is 8.12. The molecule has 2 aromatic rings. The van der Waals surface area contributed by atoms with Crippen molar-refractivity contribution in [2.75, 3.05) is 6.54 Å². The molecule has 0 bridgehead atoms. The molecule has 3 nitrogen and oxygen atoms in total. The minimum absolute atomic E-state index is 0.640. The lowest BCUT2D eigenvalue weighted by molar-refractivity contribution is 0.844. The Bertz CT molecular complexity index is 554. The second-order valence-electron chi connectivity index (χ2n) is 4.67. The average molecular weight is 334 g/mol. The van der Waals surface area contributed by atoms with Gasteiger partial charge in [0, 0.05) is 21.4 Å². The van der Waals surface area contributed by atoms with E-state index in [1.165, 1.54) is 5.56 Å². The monoisotopic (exact) mass is 333 g/mol. The molecule has 4 heteroatoms. The van der Waals surface area contributed by atoms with E-state index < -0.39 is 0 Å². The summed E-state index contributed by atoms with van der Waals surface area (Å²) in [6.45, 7) is 4.90. The highest BCUT2D eigenvalue weighted by atomic mass is 79.9. The second kappa shape index (κ2) is 6.95. The molecular formula is C16H20BrN3. The third kappa shape index (κ3) is 3.25. The van der Waals surface area contributed by atoms with E-state index in [0.717, 1.165) is 46.5 Å². The lowest BCUT2D eigenvalue weighted by atomic mass is 10.0. The fourth-order valence-corrected chi connectivity index (χ4v) is 2.59. The molecule has 0 radical (unpaired) electrons. The summed E-state index contributed by atoms with van der Waals surface area (Å²) in [7, 11) is 0. The van der Waals surface area contributed by atoms with Crippen LogP contribution in [0.3, 0.4) is 0 Å². The molecule has 0 fully saturated rings. The van der Waals surface area contributed by atoms with Crippen molar-refractivity contribution in [2.45, 2.75) is 33.1 Å². The molecule has 0 saturated carbocycles. The standard InChI is InChI=1S/C16H20BrN3/c1-3-14-13(9-10-18)15(4-2)20-16(19-14)11-5-7-12(17)8-6-11/h5-8H,3-4,9-10,18H2,1-2H3. The van der Waals surface area contributed by atoms with Gasteiger partial charge in [-0.25, -0.2) is 9.97 Å². The quantitative estimate of drug-likeness (QED) is 0.910. The third-order valence-electron chi connectivity index (χ3n) is 3.34. The van der Waals surface area contributed by atoms with Gasteiger partial charge in [0.1, 0.15) is 0 Å². The van der Waals surface area contributed by atoms with Gasteiger partial charge >= 0.3 is 0 Å². The maximum atomic E-state index is 5.71. The zero-order valence-electron chi connectivity index (χ0n) is 12.0. The summed E-state index contributed by atoms with van der Waals surface area (Å²) in [5.41, 5.74) is 10.3. The van der Waals surface area contributed by atoms with Crippen LogP contribution in [0, 0.1) is 0 Å². The Morgan fingerprint density at radius 3 is 2.00 bits per heavy atom. The number of nitrogens with zero attached hydrogens (tertiary/aromatic N) is 2. The van der Waals surface area contributed by atoms with Crippen molar-refractivity contribution in [3.63, 3.8) is 0 Å². The number of hydrogen-bond donors (Lipinski definition) is 1. The van der Waals surface area contributed by atoms with Crippen LogP contribution in [0.1, 0.15) is 30.8 Å². The van der Waals surface area contributed by atoms with Crippen LogP contribution in [0.15, 0.2) is 28.7 Å². The Balaban J connectivity index is 2.52. The SMILES string of the molecule is CCc1nc(-c2ccc(Br)cc2)nc(CC)c1CCN. The molecule has 0 spiro atoms. The van der Waals surface area contributed by atoms with Crippen molar-refractivity contribution in [1.29, 1.82) is 0 Å². The van der Waals surface area contributed by atoms with Gasteiger partial charge in [-0.05, 0) is 43.5 Å². The molecule has 2 rings (SSSR count). The second-order valence-corrected chi connectivity index (χ2v) is 5.59. The molecule has 2 N–H and O–H groups in total. The molecule has 0 aliphatic carbocycles. The Labute approximate surface area is 128 Å². The molecule has 0 aliphatic heterocycles. The molecule has 1 aromatic heterocycles. The number of benzene rings is 1. The Morgan fingerprint density at radius 1 is 1.00 bits per heavy atom. The number of nitrogens with two attached hydrogens (primary N) is 1. The first-order chi connectivity index (χ1) is 9.69. The topological polar surface area (TPSA) is 51.8 Å². The molecule has 0 aliphatic rings. The van der Waals surface area contributed by atoms with Gasteiger partial charge in [0.15, 0.2) is 5.82 Å². The zero-order chi connectivity index (χ0) is 14.5. The Kier molecular flexibility index (Phi) is 5.26. The first-order valence-corrected chi connectivity index (χ1v) is 7.83. The van der Waals surface area contributed by atoms with Crippen molar-refractivity contribution in [2.24, 2.45) is 5.73 Å².